The summed E-state index contributed by atoms with van der Waals surface area (Å²) < 4.78 is 5.36. The fourth-order valence-electron chi connectivity index (χ4n) is 1.26. The fourth-order valence-corrected chi connectivity index (χ4v) is 1.26. The average molecular weight is 154 g/mol. The Morgan fingerprint density at radius 2 is 2.45 bits per heavy atom. The second-order valence-corrected chi connectivity index (χ2v) is 2.81. The minimum absolute atomic E-state index is 0.0243. The first-order valence-corrected chi connectivity index (χ1v) is 3.87. The molecular formula is C9H14O2. The van der Waals surface area contributed by atoms with Crippen molar-refractivity contribution >= 4 is 0 Å². The Morgan fingerprint density at radius 1 is 1.73 bits per heavy atom. The molecule has 1 saturated heterocycles. The van der Waals surface area contributed by atoms with Crippen LogP contribution in [0.5, 0.6) is 0 Å². The number of aliphatic hydroxyl groups is 1. The summed E-state index contributed by atoms with van der Waals surface area (Å²) in [5, 5.41) is 9.30. The van der Waals surface area contributed by atoms with Crippen LogP contribution in [0.15, 0.2) is 24.5 Å². The molecule has 0 aromatic rings. The van der Waals surface area contributed by atoms with Gasteiger partial charge in [-0.15, -0.1) is 0 Å². The van der Waals surface area contributed by atoms with Crippen molar-refractivity contribution in [1.29, 1.82) is 0 Å². The standard InChI is InChI=1S/C9H14O2/c1-3-4-9-6-8(10)5-7(2)11-9/h3-4,8-10H,2,5-6H2,1H3/b4-3+/t8-,9?/m0/s1. The van der Waals surface area contributed by atoms with Gasteiger partial charge in [0, 0.05) is 12.8 Å². The van der Waals surface area contributed by atoms with Gasteiger partial charge in [0.2, 0.25) is 0 Å². The Labute approximate surface area is 67.2 Å². The van der Waals surface area contributed by atoms with Crippen LogP contribution in [0, 0.1) is 0 Å². The highest BCUT2D eigenvalue weighted by atomic mass is 16.5. The van der Waals surface area contributed by atoms with Crippen molar-refractivity contribution < 1.29 is 9.84 Å². The normalized spacial score (nSPS) is 32.4. The second-order valence-electron chi connectivity index (χ2n) is 2.81. The smallest absolute Gasteiger partial charge is 0.119 e. The van der Waals surface area contributed by atoms with Crippen molar-refractivity contribution in [2.75, 3.05) is 0 Å². The summed E-state index contributed by atoms with van der Waals surface area (Å²) in [6, 6.07) is 0. The van der Waals surface area contributed by atoms with Crippen LogP contribution in [0.25, 0.3) is 0 Å². The van der Waals surface area contributed by atoms with E-state index in [0.717, 1.165) is 0 Å². The third kappa shape index (κ3) is 2.39. The van der Waals surface area contributed by atoms with Crippen molar-refractivity contribution in [2.45, 2.75) is 32.0 Å². The third-order valence-electron chi connectivity index (χ3n) is 1.69. The van der Waals surface area contributed by atoms with Gasteiger partial charge in [-0.2, -0.15) is 0 Å². The summed E-state index contributed by atoms with van der Waals surface area (Å²) in [5.41, 5.74) is 0. The molecule has 62 valence electrons. The lowest BCUT2D eigenvalue weighted by atomic mass is 10.0. The predicted molar refractivity (Wildman–Crippen MR) is 44.1 cm³/mol. The summed E-state index contributed by atoms with van der Waals surface area (Å²) in [4.78, 5) is 0. The molecule has 0 aliphatic carbocycles. The van der Waals surface area contributed by atoms with E-state index in [4.69, 9.17) is 4.74 Å². The lowest BCUT2D eigenvalue weighted by molar-refractivity contribution is 0.0250. The van der Waals surface area contributed by atoms with Crippen LogP contribution >= 0.6 is 0 Å². The molecule has 1 N–H and O–H groups in total. The molecule has 2 heteroatoms. The summed E-state index contributed by atoms with van der Waals surface area (Å²) in [5.74, 6) is 0.687. The van der Waals surface area contributed by atoms with Crippen LogP contribution in [0.4, 0.5) is 0 Å². The summed E-state index contributed by atoms with van der Waals surface area (Å²) in [6.45, 7) is 5.62. The van der Waals surface area contributed by atoms with Gasteiger partial charge in [-0.1, -0.05) is 12.7 Å². The zero-order chi connectivity index (χ0) is 8.27. The molecule has 0 saturated carbocycles. The van der Waals surface area contributed by atoms with E-state index in [1.807, 2.05) is 19.1 Å². The molecule has 1 fully saturated rings. The highest BCUT2D eigenvalue weighted by Gasteiger charge is 2.20. The van der Waals surface area contributed by atoms with E-state index in [9.17, 15) is 5.11 Å². The zero-order valence-electron chi connectivity index (χ0n) is 6.79. The minimum atomic E-state index is -0.280. The fraction of sp³-hybridized carbons (Fsp3) is 0.556. The molecule has 0 amide bonds. The molecule has 1 unspecified atom stereocenters. The van der Waals surface area contributed by atoms with Gasteiger partial charge < -0.3 is 9.84 Å². The number of hydrogen-bond acceptors (Lipinski definition) is 2. The number of aliphatic hydroxyl groups excluding tert-OH is 1. The molecule has 1 heterocycles. The van der Waals surface area contributed by atoms with Gasteiger partial charge in [-0.05, 0) is 13.0 Å². The SMILES string of the molecule is C=C1C[C@H](O)CC(/C=C/C)O1. The number of hydrogen-bond donors (Lipinski definition) is 1. The van der Waals surface area contributed by atoms with Crippen molar-refractivity contribution in [3.05, 3.63) is 24.5 Å². The molecule has 11 heavy (non-hydrogen) atoms. The van der Waals surface area contributed by atoms with E-state index in [2.05, 4.69) is 6.58 Å². The quantitative estimate of drug-likeness (QED) is 0.581. The first kappa shape index (κ1) is 8.34. The highest BCUT2D eigenvalue weighted by molar-refractivity contribution is 4.99. The van der Waals surface area contributed by atoms with Crippen LogP contribution in [-0.2, 0) is 4.74 Å². The molecule has 1 rings (SSSR count). The van der Waals surface area contributed by atoms with Crippen molar-refractivity contribution in [2.24, 2.45) is 0 Å². The Kier molecular flexibility index (Phi) is 2.71. The van der Waals surface area contributed by atoms with Gasteiger partial charge >= 0.3 is 0 Å². The maximum atomic E-state index is 9.30. The van der Waals surface area contributed by atoms with Gasteiger partial charge in [0.25, 0.3) is 0 Å². The largest absolute Gasteiger partial charge is 0.491 e. The molecule has 2 atom stereocenters. The molecule has 2 nitrogen and oxygen atoms in total. The summed E-state index contributed by atoms with van der Waals surface area (Å²) in [7, 11) is 0. The molecule has 1 aliphatic rings. The van der Waals surface area contributed by atoms with Crippen LogP contribution in [0.2, 0.25) is 0 Å². The topological polar surface area (TPSA) is 29.5 Å². The average Bonchev–Trinajstić information content (AvgIpc) is 1.85. The van der Waals surface area contributed by atoms with E-state index < -0.39 is 0 Å². The maximum absolute atomic E-state index is 9.30. The number of ether oxygens (including phenoxy) is 1. The van der Waals surface area contributed by atoms with Crippen LogP contribution < -0.4 is 0 Å². The highest BCUT2D eigenvalue weighted by Crippen LogP contribution is 2.21. The Bertz CT molecular complexity index is 172. The molecule has 1 aliphatic heterocycles. The number of allylic oxidation sites excluding steroid dienone is 1. The lowest BCUT2D eigenvalue weighted by Crippen LogP contribution is -2.25. The van der Waals surface area contributed by atoms with Crippen molar-refractivity contribution in [3.8, 4) is 0 Å². The van der Waals surface area contributed by atoms with Crippen molar-refractivity contribution in [3.63, 3.8) is 0 Å². The van der Waals surface area contributed by atoms with E-state index >= 15 is 0 Å². The van der Waals surface area contributed by atoms with Gasteiger partial charge in [0.1, 0.15) is 6.10 Å². The first-order valence-electron chi connectivity index (χ1n) is 3.87. The monoisotopic (exact) mass is 154 g/mol. The van der Waals surface area contributed by atoms with E-state index in [-0.39, 0.29) is 12.2 Å². The third-order valence-corrected chi connectivity index (χ3v) is 1.69. The predicted octanol–water partition coefficient (Wildman–Crippen LogP) is 1.62. The van der Waals surface area contributed by atoms with Crippen molar-refractivity contribution in [1.82, 2.24) is 0 Å². The van der Waals surface area contributed by atoms with E-state index in [1.165, 1.54) is 0 Å². The van der Waals surface area contributed by atoms with Crippen LogP contribution in [0.3, 0.4) is 0 Å². The van der Waals surface area contributed by atoms with Gasteiger partial charge in [-0.3, -0.25) is 0 Å². The Hall–Kier alpha value is -0.760. The summed E-state index contributed by atoms with van der Waals surface area (Å²) in [6.07, 6.45) is 4.87. The first-order chi connectivity index (χ1) is 5.22. The Balaban J connectivity index is 2.49. The molecular weight excluding hydrogens is 140 g/mol. The van der Waals surface area contributed by atoms with Crippen LogP contribution in [0.1, 0.15) is 19.8 Å². The number of rotatable bonds is 1. The minimum Gasteiger partial charge on any atom is -0.491 e. The van der Waals surface area contributed by atoms with Gasteiger partial charge in [0.05, 0.1) is 11.9 Å². The van der Waals surface area contributed by atoms with Gasteiger partial charge in [0.15, 0.2) is 0 Å². The lowest BCUT2D eigenvalue weighted by Gasteiger charge is -2.26. The van der Waals surface area contributed by atoms with Gasteiger partial charge in [-0.25, -0.2) is 0 Å². The van der Waals surface area contributed by atoms with Crippen LogP contribution in [-0.4, -0.2) is 17.3 Å². The second kappa shape index (κ2) is 3.58. The van der Waals surface area contributed by atoms with E-state index in [0.29, 0.717) is 18.6 Å². The molecule has 0 aromatic carbocycles. The zero-order valence-corrected chi connectivity index (χ0v) is 6.79. The molecule has 0 spiro atoms. The Morgan fingerprint density at radius 3 is 3.00 bits per heavy atom. The molecule has 0 radical (unpaired) electrons. The maximum Gasteiger partial charge on any atom is 0.119 e. The molecule has 0 bridgehead atoms. The summed E-state index contributed by atoms with van der Waals surface area (Å²) >= 11 is 0. The molecule has 0 aromatic heterocycles. The van der Waals surface area contributed by atoms with E-state index in [1.54, 1.807) is 0 Å².